The summed E-state index contributed by atoms with van der Waals surface area (Å²) >= 11 is 0. The molecule has 0 N–H and O–H groups in total. The van der Waals surface area contributed by atoms with E-state index in [1.165, 1.54) is 17.2 Å². The number of benzene rings is 2. The first-order valence-corrected chi connectivity index (χ1v) is 9.25. The zero-order chi connectivity index (χ0) is 19.5. The van der Waals surface area contributed by atoms with Gasteiger partial charge in [0.25, 0.3) is 0 Å². The van der Waals surface area contributed by atoms with Crippen LogP contribution in [0.3, 0.4) is 0 Å². The van der Waals surface area contributed by atoms with Crippen LogP contribution in [0.25, 0.3) is 11.4 Å². The molecule has 0 radical (unpaired) electrons. The SMILES string of the molecule is Cc1cccc(CN(Cc2nc(-c3ccccc3OC(F)F)no2)C2CC2)c1. The molecule has 7 heteroatoms. The van der Waals surface area contributed by atoms with Gasteiger partial charge in [-0.15, -0.1) is 0 Å². The molecule has 0 saturated heterocycles. The van der Waals surface area contributed by atoms with Crippen molar-refractivity contribution in [2.45, 2.75) is 45.5 Å². The number of para-hydroxylation sites is 1. The molecule has 1 aromatic heterocycles. The van der Waals surface area contributed by atoms with Crippen molar-refractivity contribution in [3.63, 3.8) is 0 Å². The Hall–Kier alpha value is -2.80. The van der Waals surface area contributed by atoms with Crippen LogP contribution in [-0.4, -0.2) is 27.7 Å². The van der Waals surface area contributed by atoms with Gasteiger partial charge in [-0.2, -0.15) is 13.8 Å². The Labute approximate surface area is 161 Å². The molecule has 1 aliphatic rings. The molecule has 1 saturated carbocycles. The first-order valence-electron chi connectivity index (χ1n) is 9.25. The zero-order valence-corrected chi connectivity index (χ0v) is 15.5. The minimum absolute atomic E-state index is 0.0312. The number of halogens is 2. The van der Waals surface area contributed by atoms with Crippen LogP contribution in [0.15, 0.2) is 53.1 Å². The van der Waals surface area contributed by atoms with Crippen LogP contribution in [0.2, 0.25) is 0 Å². The highest BCUT2D eigenvalue weighted by atomic mass is 19.3. The Balaban J connectivity index is 1.51. The van der Waals surface area contributed by atoms with Gasteiger partial charge >= 0.3 is 6.61 Å². The van der Waals surface area contributed by atoms with Gasteiger partial charge in [-0.3, -0.25) is 4.90 Å². The van der Waals surface area contributed by atoms with Crippen molar-refractivity contribution in [1.29, 1.82) is 0 Å². The maximum absolute atomic E-state index is 12.6. The monoisotopic (exact) mass is 385 g/mol. The van der Waals surface area contributed by atoms with E-state index in [0.717, 1.165) is 19.4 Å². The van der Waals surface area contributed by atoms with Crippen LogP contribution in [0, 0.1) is 6.92 Å². The lowest BCUT2D eigenvalue weighted by Gasteiger charge is -2.20. The molecule has 0 aliphatic heterocycles. The van der Waals surface area contributed by atoms with Gasteiger partial charge in [0.2, 0.25) is 11.7 Å². The minimum atomic E-state index is -2.91. The van der Waals surface area contributed by atoms with E-state index in [-0.39, 0.29) is 11.6 Å². The normalized spacial score (nSPS) is 14.0. The fourth-order valence-electron chi connectivity index (χ4n) is 3.25. The Kier molecular flexibility index (Phi) is 5.34. The van der Waals surface area contributed by atoms with Crippen molar-refractivity contribution in [3.05, 3.63) is 65.5 Å². The topological polar surface area (TPSA) is 51.4 Å². The Morgan fingerprint density at radius 2 is 1.96 bits per heavy atom. The Bertz CT molecular complexity index is 941. The smallest absolute Gasteiger partial charge is 0.387 e. The molecule has 0 atom stereocenters. The molecule has 5 nitrogen and oxygen atoms in total. The second kappa shape index (κ2) is 8.06. The molecule has 28 heavy (non-hydrogen) atoms. The lowest BCUT2D eigenvalue weighted by atomic mass is 10.1. The third kappa shape index (κ3) is 4.54. The molecular weight excluding hydrogens is 364 g/mol. The molecule has 2 aromatic carbocycles. The summed E-state index contributed by atoms with van der Waals surface area (Å²) in [6.45, 7) is 0.486. The highest BCUT2D eigenvalue weighted by Crippen LogP contribution is 2.31. The summed E-state index contributed by atoms with van der Waals surface area (Å²) in [6, 6.07) is 15.4. The average Bonchev–Trinajstić information content (AvgIpc) is 3.41. The first kappa shape index (κ1) is 18.6. The lowest BCUT2D eigenvalue weighted by molar-refractivity contribution is -0.0494. The van der Waals surface area contributed by atoms with E-state index in [9.17, 15) is 8.78 Å². The van der Waals surface area contributed by atoms with E-state index in [0.29, 0.717) is 24.0 Å². The van der Waals surface area contributed by atoms with E-state index in [1.54, 1.807) is 18.2 Å². The number of hydrogen-bond donors (Lipinski definition) is 0. The van der Waals surface area contributed by atoms with Crippen molar-refractivity contribution in [2.24, 2.45) is 0 Å². The number of hydrogen-bond acceptors (Lipinski definition) is 5. The minimum Gasteiger partial charge on any atom is -0.434 e. The van der Waals surface area contributed by atoms with Crippen LogP contribution < -0.4 is 4.74 Å². The van der Waals surface area contributed by atoms with Crippen molar-refractivity contribution in [3.8, 4) is 17.1 Å². The van der Waals surface area contributed by atoms with Gasteiger partial charge in [-0.1, -0.05) is 47.1 Å². The van der Waals surface area contributed by atoms with Crippen molar-refractivity contribution in [1.82, 2.24) is 15.0 Å². The number of nitrogens with zero attached hydrogens (tertiary/aromatic N) is 3. The van der Waals surface area contributed by atoms with E-state index in [1.807, 2.05) is 0 Å². The fourth-order valence-corrected chi connectivity index (χ4v) is 3.25. The van der Waals surface area contributed by atoms with Gasteiger partial charge < -0.3 is 9.26 Å². The van der Waals surface area contributed by atoms with Crippen molar-refractivity contribution in [2.75, 3.05) is 0 Å². The summed E-state index contributed by atoms with van der Waals surface area (Å²) in [5.74, 6) is 0.739. The average molecular weight is 385 g/mol. The highest BCUT2D eigenvalue weighted by Gasteiger charge is 2.30. The number of aryl methyl sites for hydroxylation is 1. The molecule has 3 aromatic rings. The molecule has 4 rings (SSSR count). The van der Waals surface area contributed by atoms with Crippen LogP contribution in [0.4, 0.5) is 8.78 Å². The summed E-state index contributed by atoms with van der Waals surface area (Å²) in [5, 5.41) is 3.97. The summed E-state index contributed by atoms with van der Waals surface area (Å²) in [5.41, 5.74) is 2.85. The summed E-state index contributed by atoms with van der Waals surface area (Å²) in [4.78, 5) is 6.73. The second-order valence-corrected chi connectivity index (χ2v) is 7.01. The van der Waals surface area contributed by atoms with Gasteiger partial charge in [0, 0.05) is 12.6 Å². The zero-order valence-electron chi connectivity index (χ0n) is 15.5. The number of rotatable bonds is 8. The lowest BCUT2D eigenvalue weighted by Crippen LogP contribution is -2.25. The molecule has 0 spiro atoms. The van der Waals surface area contributed by atoms with Gasteiger partial charge in [-0.05, 0) is 37.5 Å². The molecule has 0 bridgehead atoms. The van der Waals surface area contributed by atoms with Crippen LogP contribution in [-0.2, 0) is 13.1 Å². The molecule has 146 valence electrons. The maximum atomic E-state index is 12.6. The number of aromatic nitrogens is 2. The summed E-state index contributed by atoms with van der Waals surface area (Å²) in [7, 11) is 0. The maximum Gasteiger partial charge on any atom is 0.387 e. The molecule has 1 heterocycles. The fraction of sp³-hybridized carbons (Fsp3) is 0.333. The van der Waals surface area contributed by atoms with Gasteiger partial charge in [0.15, 0.2) is 0 Å². The largest absolute Gasteiger partial charge is 0.434 e. The van der Waals surface area contributed by atoms with E-state index in [4.69, 9.17) is 4.52 Å². The van der Waals surface area contributed by atoms with Gasteiger partial charge in [0.05, 0.1) is 12.1 Å². The quantitative estimate of drug-likeness (QED) is 0.557. The number of alkyl halides is 2. The third-order valence-corrected chi connectivity index (χ3v) is 4.68. The van der Waals surface area contributed by atoms with Crippen LogP contribution in [0.5, 0.6) is 5.75 Å². The summed E-state index contributed by atoms with van der Waals surface area (Å²) in [6.07, 6.45) is 2.30. The summed E-state index contributed by atoms with van der Waals surface area (Å²) < 4.78 is 35.2. The van der Waals surface area contributed by atoms with Crippen LogP contribution >= 0.6 is 0 Å². The van der Waals surface area contributed by atoms with Crippen molar-refractivity contribution >= 4 is 0 Å². The number of ether oxygens (including phenoxy) is 1. The van der Waals surface area contributed by atoms with Crippen molar-refractivity contribution < 1.29 is 18.0 Å². The van der Waals surface area contributed by atoms with Crippen LogP contribution in [0.1, 0.15) is 29.9 Å². The molecule has 0 amide bonds. The molecule has 0 unspecified atom stereocenters. The highest BCUT2D eigenvalue weighted by molar-refractivity contribution is 5.63. The third-order valence-electron chi connectivity index (χ3n) is 4.68. The second-order valence-electron chi connectivity index (χ2n) is 7.01. The van der Waals surface area contributed by atoms with E-state index in [2.05, 4.69) is 51.0 Å². The van der Waals surface area contributed by atoms with Gasteiger partial charge in [-0.25, -0.2) is 0 Å². The van der Waals surface area contributed by atoms with Gasteiger partial charge in [0.1, 0.15) is 5.75 Å². The Morgan fingerprint density at radius 1 is 1.14 bits per heavy atom. The predicted octanol–water partition coefficient (Wildman–Crippen LogP) is 4.81. The van der Waals surface area contributed by atoms with E-state index >= 15 is 0 Å². The standard InChI is InChI=1S/C21H21F2N3O2/c1-14-5-4-6-15(11-14)12-26(16-9-10-16)13-19-24-20(25-28-19)17-7-2-3-8-18(17)27-21(22)23/h2-8,11,16,21H,9-10,12-13H2,1H3. The first-order chi connectivity index (χ1) is 13.6. The predicted molar refractivity (Wildman–Crippen MR) is 99.8 cm³/mol. The molecule has 1 aliphatic carbocycles. The Morgan fingerprint density at radius 3 is 2.71 bits per heavy atom. The van der Waals surface area contributed by atoms with E-state index < -0.39 is 6.61 Å². The molecule has 1 fully saturated rings. The molecular formula is C21H21F2N3O2.